The summed E-state index contributed by atoms with van der Waals surface area (Å²) in [6.07, 6.45) is 0.0304. The first-order chi connectivity index (χ1) is 13.2. The molecule has 1 atom stereocenters. The van der Waals surface area contributed by atoms with Crippen LogP contribution < -0.4 is 5.32 Å². The number of morpholine rings is 1. The van der Waals surface area contributed by atoms with Crippen LogP contribution in [0.15, 0.2) is 47.2 Å². The average molecular weight is 388 g/mol. The van der Waals surface area contributed by atoms with E-state index < -0.39 is 0 Å². The zero-order chi connectivity index (χ0) is 18.9. The molecule has 7 heteroatoms. The molecule has 0 saturated carbocycles. The second kappa shape index (κ2) is 10.2. The van der Waals surface area contributed by atoms with Crippen molar-refractivity contribution in [2.24, 2.45) is 0 Å². The fraction of sp³-hybridized carbons (Fsp3) is 0.400. The highest BCUT2D eigenvalue weighted by atomic mass is 32.1. The zero-order valence-corrected chi connectivity index (χ0v) is 16.0. The molecule has 0 spiro atoms. The number of hydrogen-bond donors (Lipinski definition) is 1. The van der Waals surface area contributed by atoms with Gasteiger partial charge in [0.2, 0.25) is 0 Å². The van der Waals surface area contributed by atoms with Crippen LogP contribution in [-0.4, -0.2) is 55.7 Å². The van der Waals surface area contributed by atoms with Gasteiger partial charge in [-0.3, -0.25) is 14.5 Å². The molecule has 1 aliphatic rings. The quantitative estimate of drug-likeness (QED) is 0.703. The molecule has 2 heterocycles. The minimum Gasteiger partial charge on any atom is -0.463 e. The standard InChI is InChI=1S/C20H24N2O4S/c23-19(6-8-21-20(24)17-7-11-27-15-17)26-14-18-13-22(9-10-25-18)12-16-4-2-1-3-5-16/h1-5,7,11,15,18H,6,8-10,12-14H2,(H,21,24). The second-order valence-electron chi connectivity index (χ2n) is 6.41. The van der Waals surface area contributed by atoms with Crippen LogP contribution in [-0.2, 0) is 20.8 Å². The number of carbonyl (C=O) groups is 2. The molecule has 1 fully saturated rings. The number of carbonyl (C=O) groups excluding carboxylic acids is 2. The highest BCUT2D eigenvalue weighted by Gasteiger charge is 2.22. The van der Waals surface area contributed by atoms with Crippen molar-refractivity contribution in [3.05, 3.63) is 58.3 Å². The molecule has 27 heavy (non-hydrogen) atoms. The number of rotatable bonds is 8. The Labute approximate surface area is 163 Å². The monoisotopic (exact) mass is 388 g/mol. The van der Waals surface area contributed by atoms with Crippen molar-refractivity contribution in [2.45, 2.75) is 19.1 Å². The van der Waals surface area contributed by atoms with Gasteiger partial charge in [0.25, 0.3) is 5.91 Å². The van der Waals surface area contributed by atoms with Gasteiger partial charge in [-0.1, -0.05) is 30.3 Å². The summed E-state index contributed by atoms with van der Waals surface area (Å²) in [7, 11) is 0. The largest absolute Gasteiger partial charge is 0.463 e. The number of thiophene rings is 1. The summed E-state index contributed by atoms with van der Waals surface area (Å²) in [6, 6.07) is 12.0. The fourth-order valence-corrected chi connectivity index (χ4v) is 3.53. The molecular weight excluding hydrogens is 364 g/mol. The predicted molar refractivity (Wildman–Crippen MR) is 104 cm³/mol. The van der Waals surface area contributed by atoms with E-state index in [1.165, 1.54) is 16.9 Å². The lowest BCUT2D eigenvalue weighted by atomic mass is 10.2. The third-order valence-corrected chi connectivity index (χ3v) is 4.98. The van der Waals surface area contributed by atoms with Crippen LogP contribution in [0.1, 0.15) is 22.3 Å². The molecule has 1 saturated heterocycles. The number of nitrogens with zero attached hydrogens (tertiary/aromatic N) is 1. The van der Waals surface area contributed by atoms with Crippen LogP contribution in [0.25, 0.3) is 0 Å². The van der Waals surface area contributed by atoms with Gasteiger partial charge in [-0.15, -0.1) is 0 Å². The molecule has 0 radical (unpaired) electrons. The van der Waals surface area contributed by atoms with Gasteiger partial charge in [-0.25, -0.2) is 0 Å². The summed E-state index contributed by atoms with van der Waals surface area (Å²) in [5.74, 6) is -0.499. The Morgan fingerprint density at radius 2 is 2.11 bits per heavy atom. The number of benzene rings is 1. The van der Waals surface area contributed by atoms with Gasteiger partial charge in [-0.2, -0.15) is 11.3 Å². The van der Waals surface area contributed by atoms with Gasteiger partial charge in [-0.05, 0) is 17.0 Å². The molecule has 2 aromatic rings. The van der Waals surface area contributed by atoms with Crippen molar-refractivity contribution in [2.75, 3.05) is 32.8 Å². The first-order valence-electron chi connectivity index (χ1n) is 9.04. The summed E-state index contributed by atoms with van der Waals surface area (Å²) in [4.78, 5) is 26.0. The van der Waals surface area contributed by atoms with E-state index in [9.17, 15) is 9.59 Å². The van der Waals surface area contributed by atoms with Gasteiger partial charge >= 0.3 is 5.97 Å². The number of amides is 1. The maximum Gasteiger partial charge on any atom is 0.307 e. The summed E-state index contributed by atoms with van der Waals surface area (Å²) < 4.78 is 11.0. The Morgan fingerprint density at radius 3 is 2.89 bits per heavy atom. The Morgan fingerprint density at radius 1 is 1.26 bits per heavy atom. The van der Waals surface area contributed by atoms with Gasteiger partial charge < -0.3 is 14.8 Å². The highest BCUT2D eigenvalue weighted by molar-refractivity contribution is 7.08. The minimum atomic E-state index is -0.329. The summed E-state index contributed by atoms with van der Waals surface area (Å²) in [5.41, 5.74) is 1.87. The molecule has 1 amide bonds. The first-order valence-corrected chi connectivity index (χ1v) is 9.99. The Bertz CT molecular complexity index is 721. The van der Waals surface area contributed by atoms with Crippen LogP contribution in [0.3, 0.4) is 0 Å². The van der Waals surface area contributed by atoms with Crippen LogP contribution in [0.4, 0.5) is 0 Å². The summed E-state index contributed by atoms with van der Waals surface area (Å²) in [5, 5.41) is 6.33. The van der Waals surface area contributed by atoms with Gasteiger partial charge in [0.05, 0.1) is 13.0 Å². The molecular formula is C20H24N2O4S. The zero-order valence-electron chi connectivity index (χ0n) is 15.1. The third kappa shape index (κ3) is 6.46. The topological polar surface area (TPSA) is 67.9 Å². The van der Waals surface area contributed by atoms with E-state index in [0.717, 1.165) is 19.6 Å². The smallest absolute Gasteiger partial charge is 0.307 e. The molecule has 1 aromatic carbocycles. The molecule has 1 unspecified atom stereocenters. The van der Waals surface area contributed by atoms with E-state index in [1.54, 1.807) is 11.4 Å². The van der Waals surface area contributed by atoms with Crippen molar-refractivity contribution in [1.82, 2.24) is 10.2 Å². The van der Waals surface area contributed by atoms with Gasteiger partial charge in [0.1, 0.15) is 12.7 Å². The summed E-state index contributed by atoms with van der Waals surface area (Å²) in [6.45, 7) is 3.60. The Kier molecular flexibility index (Phi) is 7.38. The van der Waals surface area contributed by atoms with E-state index in [1.807, 2.05) is 23.6 Å². The van der Waals surface area contributed by atoms with Crippen LogP contribution in [0.5, 0.6) is 0 Å². The maximum atomic E-state index is 11.9. The summed E-state index contributed by atoms with van der Waals surface area (Å²) >= 11 is 1.46. The van der Waals surface area contributed by atoms with E-state index in [4.69, 9.17) is 9.47 Å². The first kappa shape index (κ1) is 19.5. The van der Waals surface area contributed by atoms with Crippen molar-refractivity contribution in [1.29, 1.82) is 0 Å². The molecule has 144 valence electrons. The predicted octanol–water partition coefficient (Wildman–Crippen LogP) is 2.31. The Balaban J connectivity index is 1.33. The lowest BCUT2D eigenvalue weighted by Crippen LogP contribution is -2.44. The van der Waals surface area contributed by atoms with E-state index in [0.29, 0.717) is 12.2 Å². The van der Waals surface area contributed by atoms with Crippen LogP contribution >= 0.6 is 11.3 Å². The lowest BCUT2D eigenvalue weighted by molar-refractivity contribution is -0.150. The number of nitrogens with one attached hydrogen (secondary N) is 1. The van der Waals surface area contributed by atoms with Gasteiger partial charge in [0, 0.05) is 37.1 Å². The molecule has 1 N–H and O–H groups in total. The number of esters is 1. The SMILES string of the molecule is O=C(CCNC(=O)c1ccsc1)OCC1CN(Cc2ccccc2)CCO1. The van der Waals surface area contributed by atoms with Crippen molar-refractivity contribution in [3.8, 4) is 0 Å². The lowest BCUT2D eigenvalue weighted by Gasteiger charge is -2.32. The maximum absolute atomic E-state index is 11.9. The van der Waals surface area contributed by atoms with Crippen LogP contribution in [0, 0.1) is 0 Å². The van der Waals surface area contributed by atoms with E-state index in [-0.39, 0.29) is 37.6 Å². The average Bonchev–Trinajstić information content (AvgIpc) is 3.22. The third-order valence-electron chi connectivity index (χ3n) is 4.30. The van der Waals surface area contributed by atoms with E-state index in [2.05, 4.69) is 22.3 Å². The molecule has 3 rings (SSSR count). The van der Waals surface area contributed by atoms with Crippen molar-refractivity contribution >= 4 is 23.2 Å². The number of ether oxygens (including phenoxy) is 2. The second-order valence-corrected chi connectivity index (χ2v) is 7.19. The Hall–Kier alpha value is -2.22. The molecule has 1 aliphatic heterocycles. The normalized spacial score (nSPS) is 17.4. The minimum absolute atomic E-state index is 0.119. The van der Waals surface area contributed by atoms with Crippen LogP contribution in [0.2, 0.25) is 0 Å². The van der Waals surface area contributed by atoms with Gasteiger partial charge in [0.15, 0.2) is 0 Å². The molecule has 6 nitrogen and oxygen atoms in total. The molecule has 0 bridgehead atoms. The number of hydrogen-bond acceptors (Lipinski definition) is 6. The van der Waals surface area contributed by atoms with Crippen molar-refractivity contribution in [3.63, 3.8) is 0 Å². The molecule has 1 aromatic heterocycles. The highest BCUT2D eigenvalue weighted by Crippen LogP contribution is 2.11. The van der Waals surface area contributed by atoms with E-state index >= 15 is 0 Å². The van der Waals surface area contributed by atoms with Crippen molar-refractivity contribution < 1.29 is 19.1 Å². The fourth-order valence-electron chi connectivity index (χ4n) is 2.90. The molecule has 0 aliphatic carbocycles.